The molecule has 2 rings (SSSR count). The van der Waals surface area contributed by atoms with Gasteiger partial charge in [-0.15, -0.1) is 0 Å². The zero-order chi connectivity index (χ0) is 12.4. The number of benzene rings is 1. The maximum absolute atomic E-state index is 11.0. The number of nitrogens with zero attached hydrogens (tertiary/aromatic N) is 3. The molecule has 0 fully saturated rings. The Labute approximate surface area is 103 Å². The van der Waals surface area contributed by atoms with Crippen LogP contribution >= 0.6 is 11.6 Å². The fourth-order valence-electron chi connectivity index (χ4n) is 1.70. The summed E-state index contributed by atoms with van der Waals surface area (Å²) in [6.07, 6.45) is 3.31. The van der Waals surface area contributed by atoms with Crippen molar-refractivity contribution in [1.29, 1.82) is 0 Å². The first-order valence-electron chi connectivity index (χ1n) is 4.98. The molecule has 6 heteroatoms. The summed E-state index contributed by atoms with van der Waals surface area (Å²) in [5.74, 6) is 0. The summed E-state index contributed by atoms with van der Waals surface area (Å²) in [6, 6.07) is 4.98. The lowest BCUT2D eigenvalue weighted by Gasteiger charge is -2.22. The van der Waals surface area contributed by atoms with Crippen LogP contribution < -0.4 is 4.90 Å². The summed E-state index contributed by atoms with van der Waals surface area (Å²) in [5.41, 5.74) is 1.46. The second kappa shape index (κ2) is 4.55. The summed E-state index contributed by atoms with van der Waals surface area (Å²) in [5, 5.41) is 11.4. The highest BCUT2D eigenvalue weighted by Gasteiger charge is 2.20. The third kappa shape index (κ3) is 2.29. The van der Waals surface area contributed by atoms with E-state index < -0.39 is 4.92 Å². The first-order chi connectivity index (χ1) is 8.09. The van der Waals surface area contributed by atoms with E-state index in [9.17, 15) is 10.1 Å². The molecule has 0 aromatic heterocycles. The topological polar surface area (TPSA) is 58.7 Å². The maximum atomic E-state index is 11.0. The molecule has 1 aliphatic heterocycles. The standard InChI is InChI=1S/C11H10ClN3O2/c1-8-3-2-4-9(15(16)17)11(8)14-6-5-10(12)13-7-14/h2-6H,7H2,1H3. The highest BCUT2D eigenvalue weighted by atomic mass is 35.5. The molecule has 1 aromatic carbocycles. The molecular weight excluding hydrogens is 242 g/mol. The molecule has 0 saturated carbocycles. The first-order valence-corrected chi connectivity index (χ1v) is 5.36. The molecule has 17 heavy (non-hydrogen) atoms. The van der Waals surface area contributed by atoms with Crippen LogP contribution in [-0.2, 0) is 0 Å². The van der Waals surface area contributed by atoms with Gasteiger partial charge in [-0.2, -0.15) is 0 Å². The van der Waals surface area contributed by atoms with Crippen molar-refractivity contribution in [3.63, 3.8) is 0 Å². The van der Waals surface area contributed by atoms with Crippen molar-refractivity contribution in [3.8, 4) is 0 Å². The first kappa shape index (κ1) is 11.6. The summed E-state index contributed by atoms with van der Waals surface area (Å²) in [4.78, 5) is 16.3. The number of hydrogen-bond acceptors (Lipinski definition) is 4. The largest absolute Gasteiger partial charge is 0.322 e. The molecule has 0 amide bonds. The minimum Gasteiger partial charge on any atom is -0.322 e. The van der Waals surface area contributed by atoms with Crippen molar-refractivity contribution in [2.24, 2.45) is 4.99 Å². The number of anilines is 1. The van der Waals surface area contributed by atoms with Crippen molar-refractivity contribution in [3.05, 3.63) is 46.2 Å². The molecule has 0 unspecified atom stereocenters. The van der Waals surface area contributed by atoms with Gasteiger partial charge in [0.2, 0.25) is 0 Å². The minimum atomic E-state index is -0.393. The van der Waals surface area contributed by atoms with Gasteiger partial charge >= 0.3 is 0 Å². The number of rotatable bonds is 2. The summed E-state index contributed by atoms with van der Waals surface area (Å²) in [6.45, 7) is 2.12. The van der Waals surface area contributed by atoms with Crippen LogP contribution in [0.1, 0.15) is 5.56 Å². The molecule has 0 aliphatic carbocycles. The molecular formula is C11H10ClN3O2. The van der Waals surface area contributed by atoms with Gasteiger partial charge in [-0.3, -0.25) is 15.1 Å². The van der Waals surface area contributed by atoms with Crippen LogP contribution in [0.15, 0.2) is 35.5 Å². The van der Waals surface area contributed by atoms with Gasteiger partial charge < -0.3 is 4.90 Å². The molecule has 1 aliphatic rings. The molecule has 0 N–H and O–H groups in total. The Balaban J connectivity index is 2.45. The van der Waals surface area contributed by atoms with Crippen molar-refractivity contribution >= 4 is 28.1 Å². The van der Waals surface area contributed by atoms with Gasteiger partial charge in [0.15, 0.2) is 0 Å². The Morgan fingerprint density at radius 1 is 1.53 bits per heavy atom. The number of allylic oxidation sites excluding steroid dienone is 1. The summed E-state index contributed by atoms with van der Waals surface area (Å²) in [7, 11) is 0. The number of aryl methyl sites for hydroxylation is 1. The minimum absolute atomic E-state index is 0.0721. The van der Waals surface area contributed by atoms with E-state index in [0.29, 0.717) is 17.5 Å². The Kier molecular flexibility index (Phi) is 3.10. The number of hydrogen-bond donors (Lipinski definition) is 0. The third-order valence-electron chi connectivity index (χ3n) is 2.47. The van der Waals surface area contributed by atoms with E-state index in [0.717, 1.165) is 5.56 Å². The zero-order valence-electron chi connectivity index (χ0n) is 9.13. The van der Waals surface area contributed by atoms with Gasteiger partial charge in [0.05, 0.1) is 4.92 Å². The monoisotopic (exact) mass is 251 g/mol. The Hall–Kier alpha value is -1.88. The Bertz CT molecular complexity index is 525. The molecule has 0 atom stereocenters. The van der Waals surface area contributed by atoms with E-state index in [1.807, 2.05) is 13.0 Å². The zero-order valence-corrected chi connectivity index (χ0v) is 9.89. The predicted molar refractivity (Wildman–Crippen MR) is 67.6 cm³/mol. The van der Waals surface area contributed by atoms with Crippen LogP contribution in [0, 0.1) is 17.0 Å². The molecule has 0 saturated heterocycles. The highest BCUT2D eigenvalue weighted by molar-refractivity contribution is 6.68. The molecule has 1 heterocycles. The summed E-state index contributed by atoms with van der Waals surface area (Å²) < 4.78 is 0. The quantitative estimate of drug-likeness (QED) is 0.600. The van der Waals surface area contributed by atoms with E-state index in [2.05, 4.69) is 4.99 Å². The second-order valence-electron chi connectivity index (χ2n) is 3.61. The summed E-state index contributed by atoms with van der Waals surface area (Å²) >= 11 is 5.71. The lowest BCUT2D eigenvalue weighted by atomic mass is 10.1. The Morgan fingerprint density at radius 2 is 2.29 bits per heavy atom. The van der Waals surface area contributed by atoms with Crippen molar-refractivity contribution < 1.29 is 4.92 Å². The average molecular weight is 252 g/mol. The maximum Gasteiger partial charge on any atom is 0.293 e. The Morgan fingerprint density at radius 3 is 2.88 bits per heavy atom. The van der Waals surface area contributed by atoms with Crippen LogP contribution in [0.25, 0.3) is 0 Å². The normalized spacial score (nSPS) is 14.7. The van der Waals surface area contributed by atoms with Gasteiger partial charge in [0.1, 0.15) is 17.5 Å². The van der Waals surface area contributed by atoms with Crippen molar-refractivity contribution in [2.75, 3.05) is 11.6 Å². The lowest BCUT2D eigenvalue weighted by Crippen LogP contribution is -2.21. The van der Waals surface area contributed by atoms with Crippen LogP contribution in [0.4, 0.5) is 11.4 Å². The number of halogens is 1. The molecule has 88 valence electrons. The molecule has 0 bridgehead atoms. The van der Waals surface area contributed by atoms with Crippen molar-refractivity contribution in [2.45, 2.75) is 6.92 Å². The van der Waals surface area contributed by atoms with E-state index in [-0.39, 0.29) is 5.69 Å². The average Bonchev–Trinajstić information content (AvgIpc) is 2.30. The van der Waals surface area contributed by atoms with E-state index in [4.69, 9.17) is 11.6 Å². The number of nitro groups is 1. The van der Waals surface area contributed by atoms with E-state index >= 15 is 0 Å². The van der Waals surface area contributed by atoms with Crippen LogP contribution in [0.5, 0.6) is 0 Å². The predicted octanol–water partition coefficient (Wildman–Crippen LogP) is 2.83. The number of nitro benzene ring substituents is 1. The van der Waals surface area contributed by atoms with E-state index in [1.165, 1.54) is 6.07 Å². The van der Waals surface area contributed by atoms with Crippen LogP contribution in [-0.4, -0.2) is 16.8 Å². The molecule has 5 nitrogen and oxygen atoms in total. The van der Waals surface area contributed by atoms with Crippen molar-refractivity contribution in [1.82, 2.24) is 0 Å². The van der Waals surface area contributed by atoms with Gasteiger partial charge in [-0.25, -0.2) is 0 Å². The molecule has 0 radical (unpaired) electrons. The van der Waals surface area contributed by atoms with Crippen LogP contribution in [0.3, 0.4) is 0 Å². The number of aliphatic imine (C=N–C) groups is 1. The third-order valence-corrected chi connectivity index (χ3v) is 2.71. The van der Waals surface area contributed by atoms with Gasteiger partial charge in [0, 0.05) is 12.3 Å². The highest BCUT2D eigenvalue weighted by Crippen LogP contribution is 2.32. The smallest absolute Gasteiger partial charge is 0.293 e. The molecule has 0 spiro atoms. The second-order valence-corrected chi connectivity index (χ2v) is 3.99. The van der Waals surface area contributed by atoms with Gasteiger partial charge in [-0.05, 0) is 18.6 Å². The van der Waals surface area contributed by atoms with Gasteiger partial charge in [-0.1, -0.05) is 23.7 Å². The van der Waals surface area contributed by atoms with Crippen LogP contribution in [0.2, 0.25) is 0 Å². The lowest BCUT2D eigenvalue weighted by molar-refractivity contribution is -0.384. The van der Waals surface area contributed by atoms with Gasteiger partial charge in [0.25, 0.3) is 5.69 Å². The SMILES string of the molecule is Cc1cccc([N+](=O)[O-])c1N1C=CC(Cl)=NC1. The van der Waals surface area contributed by atoms with E-state index in [1.54, 1.807) is 23.2 Å². The fraction of sp³-hybridized carbons (Fsp3) is 0.182. The molecule has 1 aromatic rings. The fourth-order valence-corrected chi connectivity index (χ4v) is 1.81. The number of para-hydroxylation sites is 1.